The van der Waals surface area contributed by atoms with Crippen LogP contribution >= 0.6 is 0 Å². The van der Waals surface area contributed by atoms with Gasteiger partial charge in [-0.15, -0.1) is 0 Å². The summed E-state index contributed by atoms with van der Waals surface area (Å²) in [4.78, 5) is 11.4. The standard InChI is InChI=1S/C13H19NO3S/c1-13(2,9-18(3,16)17)11-6-4-10(5-7-11)12(15)8-14/h4-7H,8-9,14H2,1-3H3. The summed E-state index contributed by atoms with van der Waals surface area (Å²) in [6, 6.07) is 6.95. The van der Waals surface area contributed by atoms with E-state index in [9.17, 15) is 13.2 Å². The number of carbonyl (C=O) groups excluding carboxylic acids is 1. The summed E-state index contributed by atoms with van der Waals surface area (Å²) in [7, 11) is -3.05. The van der Waals surface area contributed by atoms with Crippen LogP contribution in [0.3, 0.4) is 0 Å². The molecule has 0 heterocycles. The molecule has 4 nitrogen and oxygen atoms in total. The molecule has 0 aliphatic rings. The molecule has 0 unspecified atom stereocenters. The Morgan fingerprint density at radius 2 is 1.72 bits per heavy atom. The zero-order valence-corrected chi connectivity index (χ0v) is 11.8. The maximum atomic E-state index is 11.4. The van der Waals surface area contributed by atoms with Crippen molar-refractivity contribution in [2.75, 3.05) is 18.6 Å². The first kappa shape index (κ1) is 14.9. The maximum absolute atomic E-state index is 11.4. The molecule has 0 atom stereocenters. The molecule has 0 amide bonds. The van der Waals surface area contributed by atoms with E-state index in [1.165, 1.54) is 6.26 Å². The van der Waals surface area contributed by atoms with E-state index >= 15 is 0 Å². The number of rotatable bonds is 5. The van der Waals surface area contributed by atoms with Gasteiger partial charge in [0.05, 0.1) is 12.3 Å². The zero-order chi connectivity index (χ0) is 14.0. The zero-order valence-electron chi connectivity index (χ0n) is 10.9. The monoisotopic (exact) mass is 269 g/mol. The van der Waals surface area contributed by atoms with Crippen LogP contribution in [-0.4, -0.2) is 32.8 Å². The summed E-state index contributed by atoms with van der Waals surface area (Å²) < 4.78 is 22.7. The van der Waals surface area contributed by atoms with E-state index in [1.54, 1.807) is 24.3 Å². The summed E-state index contributed by atoms with van der Waals surface area (Å²) >= 11 is 0. The number of benzene rings is 1. The Morgan fingerprint density at radius 3 is 2.11 bits per heavy atom. The smallest absolute Gasteiger partial charge is 0.176 e. The number of nitrogens with two attached hydrogens (primary N) is 1. The first-order chi connectivity index (χ1) is 8.15. The lowest BCUT2D eigenvalue weighted by Gasteiger charge is -2.24. The summed E-state index contributed by atoms with van der Waals surface area (Å²) in [5, 5.41) is 0. The summed E-state index contributed by atoms with van der Waals surface area (Å²) in [6.07, 6.45) is 1.22. The lowest BCUT2D eigenvalue weighted by Crippen LogP contribution is -2.27. The molecule has 100 valence electrons. The highest BCUT2D eigenvalue weighted by molar-refractivity contribution is 7.90. The molecule has 1 aromatic rings. The van der Waals surface area contributed by atoms with Gasteiger partial charge in [-0.2, -0.15) is 0 Å². The van der Waals surface area contributed by atoms with Crippen molar-refractivity contribution >= 4 is 15.6 Å². The topological polar surface area (TPSA) is 77.2 Å². The lowest BCUT2D eigenvalue weighted by molar-refractivity contribution is 0.100. The van der Waals surface area contributed by atoms with Crippen molar-refractivity contribution in [1.82, 2.24) is 0 Å². The van der Waals surface area contributed by atoms with Gasteiger partial charge in [0.1, 0.15) is 9.84 Å². The average molecular weight is 269 g/mol. The van der Waals surface area contributed by atoms with E-state index in [2.05, 4.69) is 0 Å². The molecule has 5 heteroatoms. The minimum atomic E-state index is -3.05. The predicted molar refractivity (Wildman–Crippen MR) is 72.6 cm³/mol. The van der Waals surface area contributed by atoms with Crippen molar-refractivity contribution in [3.8, 4) is 0 Å². The van der Waals surface area contributed by atoms with Gasteiger partial charge in [0.15, 0.2) is 5.78 Å². The average Bonchev–Trinajstić information content (AvgIpc) is 2.25. The second-order valence-corrected chi connectivity index (χ2v) is 7.30. The van der Waals surface area contributed by atoms with Gasteiger partial charge in [0.2, 0.25) is 0 Å². The Kier molecular flexibility index (Phi) is 4.29. The molecular formula is C13H19NO3S. The van der Waals surface area contributed by atoms with Crippen molar-refractivity contribution < 1.29 is 13.2 Å². The molecule has 1 aromatic carbocycles. The highest BCUT2D eigenvalue weighted by Gasteiger charge is 2.25. The van der Waals surface area contributed by atoms with E-state index in [0.717, 1.165) is 5.56 Å². The molecule has 2 N–H and O–H groups in total. The first-order valence-corrected chi connectivity index (χ1v) is 7.73. The van der Waals surface area contributed by atoms with Crippen LogP contribution in [-0.2, 0) is 15.3 Å². The number of hydrogen-bond donors (Lipinski definition) is 1. The molecule has 0 saturated heterocycles. The van der Waals surface area contributed by atoms with Gasteiger partial charge in [-0.25, -0.2) is 8.42 Å². The van der Waals surface area contributed by atoms with Crippen molar-refractivity contribution in [2.45, 2.75) is 19.3 Å². The normalized spacial score (nSPS) is 12.4. The summed E-state index contributed by atoms with van der Waals surface area (Å²) in [5.41, 5.74) is 6.25. The van der Waals surface area contributed by atoms with Gasteiger partial charge < -0.3 is 5.73 Å². The highest BCUT2D eigenvalue weighted by Crippen LogP contribution is 2.25. The van der Waals surface area contributed by atoms with Gasteiger partial charge in [0, 0.05) is 17.2 Å². The fraction of sp³-hybridized carbons (Fsp3) is 0.462. The molecular weight excluding hydrogens is 250 g/mol. The Morgan fingerprint density at radius 1 is 1.22 bits per heavy atom. The molecule has 0 aliphatic carbocycles. The van der Waals surface area contributed by atoms with Crippen LogP contribution in [0.2, 0.25) is 0 Å². The van der Waals surface area contributed by atoms with Gasteiger partial charge in [-0.05, 0) is 5.56 Å². The van der Waals surface area contributed by atoms with Crippen LogP contribution in [0, 0.1) is 0 Å². The van der Waals surface area contributed by atoms with Crippen LogP contribution in [0.25, 0.3) is 0 Å². The number of hydrogen-bond acceptors (Lipinski definition) is 4. The minimum absolute atomic E-state index is 0.0217. The van der Waals surface area contributed by atoms with E-state index in [0.29, 0.717) is 5.56 Å². The van der Waals surface area contributed by atoms with Crippen LogP contribution in [0.15, 0.2) is 24.3 Å². The Bertz CT molecular complexity index is 530. The fourth-order valence-corrected chi connectivity index (χ4v) is 3.44. The largest absolute Gasteiger partial charge is 0.324 e. The predicted octanol–water partition coefficient (Wildman–Crippen LogP) is 1.15. The Balaban J connectivity index is 3.01. The van der Waals surface area contributed by atoms with Crippen LogP contribution in [0.1, 0.15) is 29.8 Å². The molecule has 0 aromatic heterocycles. The van der Waals surface area contributed by atoms with E-state index in [4.69, 9.17) is 5.73 Å². The van der Waals surface area contributed by atoms with Crippen molar-refractivity contribution in [3.63, 3.8) is 0 Å². The van der Waals surface area contributed by atoms with Gasteiger partial charge in [-0.1, -0.05) is 38.1 Å². The first-order valence-electron chi connectivity index (χ1n) is 5.67. The molecule has 0 radical (unpaired) electrons. The van der Waals surface area contributed by atoms with Crippen LogP contribution in [0.4, 0.5) is 0 Å². The van der Waals surface area contributed by atoms with Crippen molar-refractivity contribution in [1.29, 1.82) is 0 Å². The maximum Gasteiger partial charge on any atom is 0.176 e. The number of Topliss-reactive ketones (excluding diaryl/α,β-unsaturated/α-hetero) is 1. The van der Waals surface area contributed by atoms with Gasteiger partial charge >= 0.3 is 0 Å². The summed E-state index contributed by atoms with van der Waals surface area (Å²) in [6.45, 7) is 3.72. The van der Waals surface area contributed by atoms with E-state index in [-0.39, 0.29) is 18.1 Å². The SMILES string of the molecule is CC(C)(CS(C)(=O)=O)c1ccc(C(=O)CN)cc1. The third-order valence-electron chi connectivity index (χ3n) is 2.80. The van der Waals surface area contributed by atoms with Gasteiger partial charge in [0.25, 0.3) is 0 Å². The van der Waals surface area contributed by atoms with Crippen LogP contribution < -0.4 is 5.73 Å². The fourth-order valence-electron chi connectivity index (χ4n) is 1.96. The molecule has 1 rings (SSSR count). The third kappa shape index (κ3) is 3.92. The Hall–Kier alpha value is -1.20. The third-order valence-corrected chi connectivity index (χ3v) is 4.04. The molecule has 0 aliphatic heterocycles. The quantitative estimate of drug-likeness (QED) is 0.813. The molecule has 0 fully saturated rings. The van der Waals surface area contributed by atoms with Gasteiger partial charge in [-0.3, -0.25) is 4.79 Å². The highest BCUT2D eigenvalue weighted by atomic mass is 32.2. The second-order valence-electron chi connectivity index (χ2n) is 5.16. The van der Waals surface area contributed by atoms with Crippen molar-refractivity contribution in [3.05, 3.63) is 35.4 Å². The Labute approximate surface area is 108 Å². The van der Waals surface area contributed by atoms with E-state index in [1.807, 2.05) is 13.8 Å². The number of sulfone groups is 1. The lowest BCUT2D eigenvalue weighted by atomic mass is 9.86. The van der Waals surface area contributed by atoms with E-state index < -0.39 is 15.3 Å². The number of ketones is 1. The molecule has 0 saturated carbocycles. The van der Waals surface area contributed by atoms with Crippen molar-refractivity contribution in [2.24, 2.45) is 5.73 Å². The minimum Gasteiger partial charge on any atom is -0.324 e. The summed E-state index contributed by atoms with van der Waals surface area (Å²) in [5.74, 6) is -0.0491. The number of carbonyl (C=O) groups is 1. The molecule has 18 heavy (non-hydrogen) atoms. The van der Waals surface area contributed by atoms with Crippen LogP contribution in [0.5, 0.6) is 0 Å². The second kappa shape index (κ2) is 5.20. The molecule has 0 spiro atoms. The molecule has 0 bridgehead atoms.